The molecule has 90 valence electrons. The molecule has 2 fully saturated rings. The minimum atomic E-state index is 0.434. The standard InChI is InChI=1S/C12H21N3O/c1-9(10-5-7-14-8-6-10)15-12(16-13)11-3-2-4-11/h10-11,14H,1-8,13H2/b15-12-. The van der Waals surface area contributed by atoms with E-state index in [0.29, 0.717) is 17.7 Å². The number of hydrogen-bond acceptors (Lipinski definition) is 4. The molecule has 4 heteroatoms. The van der Waals surface area contributed by atoms with E-state index >= 15 is 0 Å². The van der Waals surface area contributed by atoms with E-state index in [2.05, 4.69) is 16.9 Å². The first kappa shape index (κ1) is 11.6. The fraction of sp³-hybridized carbons (Fsp3) is 0.750. The summed E-state index contributed by atoms with van der Waals surface area (Å²) in [5, 5.41) is 3.34. The molecule has 1 aliphatic carbocycles. The highest BCUT2D eigenvalue weighted by molar-refractivity contribution is 5.80. The summed E-state index contributed by atoms with van der Waals surface area (Å²) < 4.78 is 0. The van der Waals surface area contributed by atoms with Crippen molar-refractivity contribution >= 4 is 5.90 Å². The number of piperidine rings is 1. The number of hydrogen-bond donors (Lipinski definition) is 2. The van der Waals surface area contributed by atoms with Crippen LogP contribution in [0.25, 0.3) is 0 Å². The van der Waals surface area contributed by atoms with Gasteiger partial charge in [0.25, 0.3) is 0 Å². The number of allylic oxidation sites excluding steroid dienone is 1. The lowest BCUT2D eigenvalue weighted by atomic mass is 9.85. The second-order valence-electron chi connectivity index (χ2n) is 4.71. The SMILES string of the molecule is C=C(/N=C(\ON)C1CCC1)C1CCNCC1. The average molecular weight is 223 g/mol. The molecule has 0 radical (unpaired) electrons. The highest BCUT2D eigenvalue weighted by Gasteiger charge is 2.26. The summed E-state index contributed by atoms with van der Waals surface area (Å²) in [6.45, 7) is 6.17. The topological polar surface area (TPSA) is 59.6 Å². The molecule has 0 unspecified atom stereocenters. The molecule has 0 aromatic heterocycles. The summed E-state index contributed by atoms with van der Waals surface area (Å²) in [5.74, 6) is 6.89. The van der Waals surface area contributed by atoms with Gasteiger partial charge in [-0.05, 0) is 38.8 Å². The van der Waals surface area contributed by atoms with Crippen molar-refractivity contribution in [2.45, 2.75) is 32.1 Å². The van der Waals surface area contributed by atoms with Gasteiger partial charge in [-0.3, -0.25) is 0 Å². The van der Waals surface area contributed by atoms with Crippen LogP contribution in [0.4, 0.5) is 0 Å². The molecule has 0 aromatic carbocycles. The van der Waals surface area contributed by atoms with Crippen molar-refractivity contribution in [3.8, 4) is 0 Å². The van der Waals surface area contributed by atoms with E-state index in [9.17, 15) is 0 Å². The maximum absolute atomic E-state index is 5.28. The molecule has 0 spiro atoms. The fourth-order valence-electron chi connectivity index (χ4n) is 2.26. The average Bonchev–Trinajstić information content (AvgIpc) is 2.26. The van der Waals surface area contributed by atoms with E-state index in [0.717, 1.165) is 44.5 Å². The minimum absolute atomic E-state index is 0.434. The van der Waals surface area contributed by atoms with Gasteiger partial charge >= 0.3 is 0 Å². The van der Waals surface area contributed by atoms with Crippen LogP contribution < -0.4 is 11.2 Å². The van der Waals surface area contributed by atoms with Crippen LogP contribution in [0.3, 0.4) is 0 Å². The maximum Gasteiger partial charge on any atom is 0.216 e. The lowest BCUT2D eigenvalue weighted by Gasteiger charge is -2.27. The number of nitrogens with one attached hydrogen (secondary N) is 1. The predicted molar refractivity (Wildman–Crippen MR) is 64.8 cm³/mol. The maximum atomic E-state index is 5.28. The third-order valence-electron chi connectivity index (χ3n) is 3.64. The van der Waals surface area contributed by atoms with Gasteiger partial charge in [-0.2, -0.15) is 5.90 Å². The molecule has 2 rings (SSSR count). The van der Waals surface area contributed by atoms with Gasteiger partial charge in [-0.1, -0.05) is 13.0 Å². The van der Waals surface area contributed by atoms with Crippen molar-refractivity contribution in [3.63, 3.8) is 0 Å². The molecular formula is C12H21N3O. The highest BCUT2D eigenvalue weighted by Crippen LogP contribution is 2.29. The number of rotatable bonds is 3. The number of nitrogens with two attached hydrogens (primary N) is 1. The molecule has 3 N–H and O–H groups in total. The first-order valence-corrected chi connectivity index (χ1v) is 6.16. The summed E-state index contributed by atoms with van der Waals surface area (Å²) >= 11 is 0. The quantitative estimate of drug-likeness (QED) is 0.434. The monoisotopic (exact) mass is 223 g/mol. The van der Waals surface area contributed by atoms with Crippen molar-refractivity contribution in [1.29, 1.82) is 0 Å². The lowest BCUT2D eigenvalue weighted by molar-refractivity contribution is 0.257. The van der Waals surface area contributed by atoms with Gasteiger partial charge in [0.1, 0.15) is 0 Å². The van der Waals surface area contributed by atoms with Crippen LogP contribution in [0.15, 0.2) is 17.3 Å². The molecule has 0 bridgehead atoms. The normalized spacial score (nSPS) is 23.9. The Kier molecular flexibility index (Phi) is 3.96. The number of aliphatic imine (C=N–C) groups is 1. The first-order valence-electron chi connectivity index (χ1n) is 6.16. The summed E-state index contributed by atoms with van der Waals surface area (Å²) in [6, 6.07) is 0. The summed E-state index contributed by atoms with van der Waals surface area (Å²) in [5.41, 5.74) is 0.939. The second-order valence-corrected chi connectivity index (χ2v) is 4.71. The zero-order valence-corrected chi connectivity index (χ0v) is 9.74. The van der Waals surface area contributed by atoms with Crippen LogP contribution in [-0.2, 0) is 4.84 Å². The highest BCUT2D eigenvalue weighted by atomic mass is 16.6. The largest absolute Gasteiger partial charge is 0.396 e. The van der Waals surface area contributed by atoms with Crippen molar-refractivity contribution in [3.05, 3.63) is 12.3 Å². The van der Waals surface area contributed by atoms with Crippen molar-refractivity contribution < 1.29 is 4.84 Å². The Hall–Kier alpha value is -0.870. The molecule has 2 aliphatic rings. The van der Waals surface area contributed by atoms with Gasteiger partial charge in [-0.25, -0.2) is 4.99 Å². The molecule has 0 amide bonds. The lowest BCUT2D eigenvalue weighted by Crippen LogP contribution is -2.30. The minimum Gasteiger partial charge on any atom is -0.396 e. The van der Waals surface area contributed by atoms with Crippen molar-refractivity contribution in [2.24, 2.45) is 22.7 Å². The summed E-state index contributed by atoms with van der Waals surface area (Å²) in [7, 11) is 0. The Morgan fingerprint density at radius 3 is 2.38 bits per heavy atom. The predicted octanol–water partition coefficient (Wildman–Crippen LogP) is 1.59. The van der Waals surface area contributed by atoms with Crippen LogP contribution in [0, 0.1) is 11.8 Å². The molecule has 4 nitrogen and oxygen atoms in total. The van der Waals surface area contributed by atoms with Crippen LogP contribution >= 0.6 is 0 Å². The van der Waals surface area contributed by atoms with Gasteiger partial charge in [0.2, 0.25) is 5.90 Å². The molecule has 0 atom stereocenters. The summed E-state index contributed by atoms with van der Waals surface area (Å²) in [6.07, 6.45) is 5.79. The van der Waals surface area contributed by atoms with Gasteiger partial charge in [0, 0.05) is 17.5 Å². The van der Waals surface area contributed by atoms with Gasteiger partial charge in [0.15, 0.2) is 0 Å². The molecular weight excluding hydrogens is 202 g/mol. The third kappa shape index (κ3) is 2.62. The molecule has 1 saturated carbocycles. The Balaban J connectivity index is 1.94. The molecule has 1 heterocycles. The smallest absolute Gasteiger partial charge is 0.216 e. The Labute approximate surface area is 96.9 Å². The second kappa shape index (κ2) is 5.46. The van der Waals surface area contributed by atoms with E-state index in [4.69, 9.17) is 10.7 Å². The molecule has 16 heavy (non-hydrogen) atoms. The Morgan fingerprint density at radius 1 is 1.19 bits per heavy atom. The summed E-state index contributed by atoms with van der Waals surface area (Å²) in [4.78, 5) is 9.38. The van der Waals surface area contributed by atoms with Crippen LogP contribution in [0.1, 0.15) is 32.1 Å². The van der Waals surface area contributed by atoms with Gasteiger partial charge in [-0.15, -0.1) is 0 Å². The van der Waals surface area contributed by atoms with Gasteiger partial charge in [0.05, 0.1) is 0 Å². The van der Waals surface area contributed by atoms with Crippen LogP contribution in [-0.4, -0.2) is 19.0 Å². The third-order valence-corrected chi connectivity index (χ3v) is 3.64. The van der Waals surface area contributed by atoms with E-state index in [1.165, 1.54) is 6.42 Å². The van der Waals surface area contributed by atoms with Crippen LogP contribution in [0.5, 0.6) is 0 Å². The Morgan fingerprint density at radius 2 is 1.88 bits per heavy atom. The molecule has 1 saturated heterocycles. The van der Waals surface area contributed by atoms with Crippen molar-refractivity contribution in [1.82, 2.24) is 5.32 Å². The molecule has 1 aliphatic heterocycles. The fourth-order valence-corrected chi connectivity index (χ4v) is 2.26. The van der Waals surface area contributed by atoms with E-state index in [1.54, 1.807) is 0 Å². The zero-order chi connectivity index (χ0) is 11.4. The zero-order valence-electron chi connectivity index (χ0n) is 9.74. The first-order chi connectivity index (χ1) is 7.81. The van der Waals surface area contributed by atoms with Gasteiger partial charge < -0.3 is 10.2 Å². The number of nitrogens with zero attached hydrogens (tertiary/aromatic N) is 1. The van der Waals surface area contributed by atoms with E-state index < -0.39 is 0 Å². The van der Waals surface area contributed by atoms with E-state index in [1.807, 2.05) is 0 Å². The van der Waals surface area contributed by atoms with E-state index in [-0.39, 0.29) is 0 Å². The van der Waals surface area contributed by atoms with Crippen LogP contribution in [0.2, 0.25) is 0 Å². The molecule has 0 aromatic rings. The Bertz CT molecular complexity index is 278. The van der Waals surface area contributed by atoms with Crippen molar-refractivity contribution in [2.75, 3.05) is 13.1 Å².